The van der Waals surface area contributed by atoms with Crippen molar-refractivity contribution in [2.24, 2.45) is 4.99 Å². The number of nitrogens with zero attached hydrogens (tertiary/aromatic N) is 2. The van der Waals surface area contributed by atoms with E-state index in [0.29, 0.717) is 36.5 Å². The molecule has 0 radical (unpaired) electrons. The van der Waals surface area contributed by atoms with Gasteiger partial charge in [0.1, 0.15) is 6.61 Å². The molecule has 140 valence electrons. The maximum atomic E-state index is 12.3. The number of thioether (sulfide) groups is 1. The van der Waals surface area contributed by atoms with E-state index >= 15 is 0 Å². The van der Waals surface area contributed by atoms with Crippen LogP contribution in [0.2, 0.25) is 15.1 Å². The van der Waals surface area contributed by atoms with Gasteiger partial charge in [0.15, 0.2) is 10.9 Å². The van der Waals surface area contributed by atoms with Crippen molar-refractivity contribution >= 4 is 63.7 Å². The molecule has 1 saturated heterocycles. The molecule has 8 heteroatoms. The molecule has 0 aliphatic carbocycles. The van der Waals surface area contributed by atoms with E-state index in [1.165, 1.54) is 16.7 Å². The van der Waals surface area contributed by atoms with Crippen LogP contribution in [0.25, 0.3) is 6.08 Å². The Bertz CT molecular complexity index is 937. The molecule has 2 aromatic rings. The number of carbonyl (C=O) groups is 1. The summed E-state index contributed by atoms with van der Waals surface area (Å²) in [6.07, 6.45) is 1.73. The fraction of sp³-hybridized carbons (Fsp3) is 0.158. The van der Waals surface area contributed by atoms with Crippen molar-refractivity contribution in [2.75, 3.05) is 14.1 Å². The first kappa shape index (κ1) is 20.1. The summed E-state index contributed by atoms with van der Waals surface area (Å²) < 4.78 is 5.76. The Balaban J connectivity index is 1.82. The molecule has 2 aromatic carbocycles. The van der Waals surface area contributed by atoms with E-state index in [0.717, 1.165) is 5.56 Å². The monoisotopic (exact) mass is 440 g/mol. The van der Waals surface area contributed by atoms with Crippen molar-refractivity contribution in [3.63, 3.8) is 0 Å². The molecule has 1 amide bonds. The number of hydrogen-bond donors (Lipinski definition) is 0. The van der Waals surface area contributed by atoms with Crippen LogP contribution in [-0.2, 0) is 11.4 Å². The second kappa shape index (κ2) is 8.57. The maximum Gasteiger partial charge on any atom is 0.266 e. The molecule has 0 aromatic heterocycles. The highest BCUT2D eigenvalue weighted by atomic mass is 35.5. The van der Waals surface area contributed by atoms with Crippen LogP contribution in [0.1, 0.15) is 11.1 Å². The Morgan fingerprint density at radius 3 is 2.41 bits per heavy atom. The largest absolute Gasteiger partial charge is 0.486 e. The lowest BCUT2D eigenvalue weighted by Crippen LogP contribution is -2.23. The van der Waals surface area contributed by atoms with Gasteiger partial charge in [-0.05, 0) is 41.6 Å². The second-order valence-corrected chi connectivity index (χ2v) is 7.91. The highest BCUT2D eigenvalue weighted by molar-refractivity contribution is 8.18. The number of hydrogen-bond acceptors (Lipinski definition) is 4. The predicted molar refractivity (Wildman–Crippen MR) is 114 cm³/mol. The Labute approximate surface area is 176 Å². The number of halogens is 3. The molecular weight excluding hydrogens is 427 g/mol. The number of carbonyl (C=O) groups excluding carboxylic acids is 1. The standard InChI is InChI=1S/C19H15Cl3N2O2S/c1-23-19-24(2)18(25)16(27-19)9-11-7-14(21)17(15(22)8-11)26-10-12-5-3-4-6-13(12)20/h3-9H,10H2,1-2H3/b16-9+,23-19?. The van der Waals surface area contributed by atoms with Crippen LogP contribution in [0.15, 0.2) is 46.3 Å². The van der Waals surface area contributed by atoms with Crippen molar-refractivity contribution in [1.29, 1.82) is 0 Å². The maximum absolute atomic E-state index is 12.3. The number of likely N-dealkylation sites (N-methyl/N-ethyl adjacent to an activating group) is 1. The van der Waals surface area contributed by atoms with Crippen molar-refractivity contribution in [1.82, 2.24) is 4.90 Å². The summed E-state index contributed by atoms with van der Waals surface area (Å²) in [4.78, 5) is 18.4. The van der Waals surface area contributed by atoms with Gasteiger partial charge in [0.25, 0.3) is 5.91 Å². The SMILES string of the molecule is CN=C1S/C(=C/c2cc(Cl)c(OCc3ccccc3Cl)c(Cl)c2)C(=O)N1C. The highest BCUT2D eigenvalue weighted by Crippen LogP contribution is 2.37. The normalized spacial score (nSPS) is 17.2. The molecule has 3 rings (SSSR count). The van der Waals surface area contributed by atoms with E-state index in [1.807, 2.05) is 18.2 Å². The molecule has 4 nitrogen and oxygen atoms in total. The van der Waals surface area contributed by atoms with Crippen LogP contribution in [0.4, 0.5) is 0 Å². The summed E-state index contributed by atoms with van der Waals surface area (Å²) in [6, 6.07) is 10.8. The van der Waals surface area contributed by atoms with E-state index in [-0.39, 0.29) is 12.5 Å². The van der Waals surface area contributed by atoms with Gasteiger partial charge in [-0.1, -0.05) is 53.0 Å². The number of rotatable bonds is 4. The average Bonchev–Trinajstić information content (AvgIpc) is 2.90. The first-order valence-corrected chi connectivity index (χ1v) is 9.85. The Kier molecular flexibility index (Phi) is 6.37. The van der Waals surface area contributed by atoms with E-state index in [4.69, 9.17) is 39.5 Å². The van der Waals surface area contributed by atoms with Crippen LogP contribution in [0.3, 0.4) is 0 Å². The second-order valence-electron chi connectivity index (χ2n) is 5.67. The van der Waals surface area contributed by atoms with E-state index in [2.05, 4.69) is 4.99 Å². The number of benzene rings is 2. The number of ether oxygens (including phenoxy) is 1. The summed E-state index contributed by atoms with van der Waals surface area (Å²) in [5.74, 6) is 0.255. The van der Waals surface area contributed by atoms with Gasteiger partial charge in [0.05, 0.1) is 15.0 Å². The molecule has 0 N–H and O–H groups in total. The van der Waals surface area contributed by atoms with Crippen molar-refractivity contribution < 1.29 is 9.53 Å². The zero-order chi connectivity index (χ0) is 19.6. The van der Waals surface area contributed by atoms with Crippen molar-refractivity contribution in [2.45, 2.75) is 6.61 Å². The summed E-state index contributed by atoms with van der Waals surface area (Å²) in [7, 11) is 3.33. The first-order valence-electron chi connectivity index (χ1n) is 7.90. The van der Waals surface area contributed by atoms with Crippen molar-refractivity contribution in [3.8, 4) is 5.75 Å². The van der Waals surface area contributed by atoms with Crippen LogP contribution in [0.5, 0.6) is 5.75 Å². The van der Waals surface area contributed by atoms with Crippen LogP contribution in [0, 0.1) is 0 Å². The van der Waals surface area contributed by atoms with Gasteiger partial charge in [-0.15, -0.1) is 0 Å². The molecule has 0 saturated carbocycles. The fourth-order valence-electron chi connectivity index (χ4n) is 2.47. The van der Waals surface area contributed by atoms with Crippen LogP contribution < -0.4 is 4.74 Å². The Hall–Kier alpha value is -1.66. The highest BCUT2D eigenvalue weighted by Gasteiger charge is 2.29. The minimum atomic E-state index is -0.119. The van der Waals surface area contributed by atoms with Crippen molar-refractivity contribution in [3.05, 3.63) is 67.5 Å². The van der Waals surface area contributed by atoms with Crippen LogP contribution >= 0.6 is 46.6 Å². The zero-order valence-corrected chi connectivity index (χ0v) is 17.6. The molecule has 1 heterocycles. The van der Waals surface area contributed by atoms with E-state index < -0.39 is 0 Å². The van der Waals surface area contributed by atoms with E-state index in [9.17, 15) is 4.79 Å². The number of aliphatic imine (C=N–C) groups is 1. The van der Waals surface area contributed by atoms with Gasteiger partial charge in [0, 0.05) is 24.7 Å². The summed E-state index contributed by atoms with van der Waals surface area (Å²) in [5, 5.41) is 1.97. The van der Waals surface area contributed by atoms with Crippen LogP contribution in [-0.4, -0.2) is 30.1 Å². The molecule has 0 bridgehead atoms. The third kappa shape index (κ3) is 4.43. The lowest BCUT2D eigenvalue weighted by molar-refractivity contribution is -0.121. The first-order chi connectivity index (χ1) is 12.9. The third-order valence-electron chi connectivity index (χ3n) is 3.84. The van der Waals surface area contributed by atoms with Gasteiger partial charge in [-0.25, -0.2) is 0 Å². The molecule has 0 spiro atoms. The zero-order valence-electron chi connectivity index (χ0n) is 14.5. The fourth-order valence-corrected chi connectivity index (χ4v) is 4.20. The third-order valence-corrected chi connectivity index (χ3v) is 5.92. The molecule has 0 unspecified atom stereocenters. The Morgan fingerprint density at radius 2 is 1.81 bits per heavy atom. The summed E-state index contributed by atoms with van der Waals surface area (Å²) >= 11 is 20.1. The van der Waals surface area contributed by atoms with Gasteiger partial charge in [0.2, 0.25) is 0 Å². The molecule has 27 heavy (non-hydrogen) atoms. The van der Waals surface area contributed by atoms with Gasteiger partial charge in [-0.2, -0.15) is 0 Å². The molecular formula is C19H15Cl3N2O2S. The van der Waals surface area contributed by atoms with Gasteiger partial charge in [-0.3, -0.25) is 14.7 Å². The van der Waals surface area contributed by atoms with Gasteiger partial charge < -0.3 is 4.74 Å². The summed E-state index contributed by atoms with van der Waals surface area (Å²) in [6.45, 7) is 0.245. The quantitative estimate of drug-likeness (QED) is 0.567. The predicted octanol–water partition coefficient (Wildman–Crippen LogP) is 5.76. The lowest BCUT2D eigenvalue weighted by atomic mass is 10.2. The molecule has 0 atom stereocenters. The van der Waals surface area contributed by atoms with Gasteiger partial charge >= 0.3 is 0 Å². The average molecular weight is 442 g/mol. The molecule has 1 aliphatic heterocycles. The minimum Gasteiger partial charge on any atom is -0.486 e. The molecule has 1 fully saturated rings. The smallest absolute Gasteiger partial charge is 0.266 e. The van der Waals surface area contributed by atoms with E-state index in [1.54, 1.807) is 38.4 Å². The molecule has 1 aliphatic rings. The lowest BCUT2D eigenvalue weighted by Gasteiger charge is -2.12. The minimum absolute atomic E-state index is 0.119. The number of amidine groups is 1. The Morgan fingerprint density at radius 1 is 1.15 bits per heavy atom. The summed E-state index contributed by atoms with van der Waals surface area (Å²) in [5.41, 5.74) is 1.54. The topological polar surface area (TPSA) is 41.9 Å². The number of amides is 1.